The summed E-state index contributed by atoms with van der Waals surface area (Å²) < 4.78 is 0. The lowest BCUT2D eigenvalue weighted by molar-refractivity contribution is -0.112. The first-order chi connectivity index (χ1) is 11.0. The molecule has 0 saturated heterocycles. The molecule has 0 fully saturated rings. The minimum Gasteiger partial charge on any atom is -0.508 e. The molecule has 7 heteroatoms. The number of anilines is 2. The van der Waals surface area contributed by atoms with Crippen LogP contribution >= 0.6 is 0 Å². The summed E-state index contributed by atoms with van der Waals surface area (Å²) in [5.74, 6) is 0.283. The zero-order chi connectivity index (χ0) is 16.4. The van der Waals surface area contributed by atoms with Crippen molar-refractivity contribution in [1.82, 2.24) is 4.98 Å². The molecule has 2 N–H and O–H groups in total. The van der Waals surface area contributed by atoms with Crippen LogP contribution in [0.1, 0.15) is 12.5 Å². The summed E-state index contributed by atoms with van der Waals surface area (Å²) in [4.78, 5) is 16.6. The number of aromatic hydroxyl groups is 1. The van der Waals surface area contributed by atoms with Crippen molar-refractivity contribution in [3.8, 4) is 5.75 Å². The highest BCUT2D eigenvalue weighted by Gasteiger charge is 2.31. The van der Waals surface area contributed by atoms with E-state index in [9.17, 15) is 9.90 Å². The molecular weight excluding hydrogens is 294 g/mol. The van der Waals surface area contributed by atoms with E-state index < -0.39 is 0 Å². The fourth-order valence-electron chi connectivity index (χ4n) is 2.07. The molecule has 0 saturated carbocycles. The Labute approximate surface area is 133 Å². The van der Waals surface area contributed by atoms with E-state index in [1.165, 1.54) is 17.1 Å². The van der Waals surface area contributed by atoms with Gasteiger partial charge in [-0.05, 0) is 55.8 Å². The van der Waals surface area contributed by atoms with Crippen LogP contribution in [0.3, 0.4) is 0 Å². The van der Waals surface area contributed by atoms with E-state index in [2.05, 4.69) is 20.6 Å². The molecule has 1 aromatic carbocycles. The first-order valence-corrected chi connectivity index (χ1v) is 7.00. The van der Waals surface area contributed by atoms with Crippen LogP contribution in [0.2, 0.25) is 0 Å². The number of rotatable bonds is 3. The number of hydrogen-bond donors (Lipinski definition) is 2. The number of hydrazone groups is 2. The third-order valence-electron chi connectivity index (χ3n) is 3.27. The van der Waals surface area contributed by atoms with Gasteiger partial charge in [0, 0.05) is 6.20 Å². The molecular formula is C16H15N5O2. The molecule has 0 spiro atoms. The lowest BCUT2D eigenvalue weighted by Gasteiger charge is -2.10. The summed E-state index contributed by atoms with van der Waals surface area (Å²) >= 11 is 0. The average molecular weight is 309 g/mol. The van der Waals surface area contributed by atoms with Crippen LogP contribution in [-0.4, -0.2) is 27.4 Å². The Kier molecular flexibility index (Phi) is 3.76. The lowest BCUT2D eigenvalue weighted by atomic mass is 10.2. The number of carbonyl (C=O) groups excluding carboxylic acids is 1. The van der Waals surface area contributed by atoms with Crippen molar-refractivity contribution in [2.45, 2.75) is 13.8 Å². The number of benzene rings is 1. The summed E-state index contributed by atoms with van der Waals surface area (Å²) in [7, 11) is 0. The Morgan fingerprint density at radius 2 is 1.91 bits per heavy atom. The summed E-state index contributed by atoms with van der Waals surface area (Å²) in [6, 6.07) is 10.0. The second-order valence-corrected chi connectivity index (χ2v) is 5.11. The van der Waals surface area contributed by atoms with Crippen molar-refractivity contribution in [3.63, 3.8) is 0 Å². The van der Waals surface area contributed by atoms with Crippen LogP contribution in [0, 0.1) is 6.92 Å². The van der Waals surface area contributed by atoms with Crippen LogP contribution < -0.4 is 10.4 Å². The smallest absolute Gasteiger partial charge is 0.302 e. The average Bonchev–Trinajstić information content (AvgIpc) is 2.82. The Morgan fingerprint density at radius 1 is 1.17 bits per heavy atom. The van der Waals surface area contributed by atoms with E-state index in [1.807, 2.05) is 13.0 Å². The van der Waals surface area contributed by atoms with E-state index >= 15 is 0 Å². The molecule has 116 valence electrons. The van der Waals surface area contributed by atoms with Crippen LogP contribution in [0.25, 0.3) is 0 Å². The number of aryl methyl sites for hydroxylation is 1. The van der Waals surface area contributed by atoms with Gasteiger partial charge in [0.15, 0.2) is 11.5 Å². The molecule has 1 aromatic heterocycles. The van der Waals surface area contributed by atoms with Gasteiger partial charge in [0.25, 0.3) is 0 Å². The van der Waals surface area contributed by atoms with E-state index in [1.54, 1.807) is 31.3 Å². The highest BCUT2D eigenvalue weighted by molar-refractivity contribution is 6.71. The predicted molar refractivity (Wildman–Crippen MR) is 88.7 cm³/mol. The fraction of sp³-hybridized carbons (Fsp3) is 0.125. The van der Waals surface area contributed by atoms with Gasteiger partial charge in [0.2, 0.25) is 0 Å². The van der Waals surface area contributed by atoms with Crippen molar-refractivity contribution in [3.05, 3.63) is 48.2 Å². The Bertz CT molecular complexity index is 811. The van der Waals surface area contributed by atoms with Gasteiger partial charge < -0.3 is 5.11 Å². The monoisotopic (exact) mass is 309 g/mol. The van der Waals surface area contributed by atoms with Gasteiger partial charge in [-0.1, -0.05) is 0 Å². The molecule has 1 aliphatic heterocycles. The first kappa shape index (κ1) is 14.7. The van der Waals surface area contributed by atoms with E-state index in [0.29, 0.717) is 17.2 Å². The molecule has 2 aromatic rings. The standard InChI is InChI=1S/C16H15N5O2/c1-10-7-8-17-14(9-10)21-16(23)15(11(2)20-21)19-18-12-3-5-13(22)6-4-12/h3-9,18,22H,1-2H3/b19-15+. The molecule has 2 heterocycles. The molecule has 1 amide bonds. The van der Waals surface area contributed by atoms with Crippen molar-refractivity contribution < 1.29 is 9.90 Å². The summed E-state index contributed by atoms with van der Waals surface area (Å²) in [5.41, 5.74) is 5.16. The fourth-order valence-corrected chi connectivity index (χ4v) is 2.07. The summed E-state index contributed by atoms with van der Waals surface area (Å²) in [6.07, 6.45) is 1.63. The minimum atomic E-state index is -0.341. The number of phenolic OH excluding ortho intramolecular Hbond substituents is 1. The van der Waals surface area contributed by atoms with Crippen LogP contribution in [0.15, 0.2) is 52.8 Å². The maximum atomic E-state index is 12.5. The molecule has 0 unspecified atom stereocenters. The number of amides is 1. The van der Waals surface area contributed by atoms with Gasteiger partial charge >= 0.3 is 5.91 Å². The first-order valence-electron chi connectivity index (χ1n) is 7.00. The molecule has 0 atom stereocenters. The maximum absolute atomic E-state index is 12.5. The van der Waals surface area contributed by atoms with Gasteiger partial charge in [-0.15, -0.1) is 0 Å². The quantitative estimate of drug-likeness (QED) is 0.672. The van der Waals surface area contributed by atoms with Crippen molar-refractivity contribution >= 4 is 28.8 Å². The second kappa shape index (κ2) is 5.88. The van der Waals surface area contributed by atoms with E-state index in [0.717, 1.165) is 5.56 Å². The second-order valence-electron chi connectivity index (χ2n) is 5.11. The summed E-state index contributed by atoms with van der Waals surface area (Å²) in [6.45, 7) is 3.63. The maximum Gasteiger partial charge on any atom is 0.302 e. The van der Waals surface area contributed by atoms with Crippen molar-refractivity contribution in [1.29, 1.82) is 0 Å². The third-order valence-corrected chi connectivity index (χ3v) is 3.27. The number of phenols is 1. The molecule has 0 radical (unpaired) electrons. The Morgan fingerprint density at radius 3 is 2.61 bits per heavy atom. The topological polar surface area (TPSA) is 90.2 Å². The third kappa shape index (κ3) is 3.03. The van der Waals surface area contributed by atoms with Crippen LogP contribution in [-0.2, 0) is 4.79 Å². The summed E-state index contributed by atoms with van der Waals surface area (Å²) in [5, 5.41) is 18.8. The van der Waals surface area contributed by atoms with Crippen LogP contribution in [0.5, 0.6) is 5.75 Å². The Balaban J connectivity index is 1.82. The molecule has 1 aliphatic rings. The van der Waals surface area contributed by atoms with E-state index in [4.69, 9.17) is 0 Å². The van der Waals surface area contributed by atoms with Gasteiger partial charge in [0.1, 0.15) is 5.75 Å². The zero-order valence-electron chi connectivity index (χ0n) is 12.7. The predicted octanol–water partition coefficient (Wildman–Crippen LogP) is 2.29. The van der Waals surface area contributed by atoms with Crippen molar-refractivity contribution in [2.24, 2.45) is 10.2 Å². The number of hydrogen-bond acceptors (Lipinski definition) is 6. The molecule has 3 rings (SSSR count). The molecule has 23 heavy (non-hydrogen) atoms. The number of nitrogens with one attached hydrogen (secondary N) is 1. The highest BCUT2D eigenvalue weighted by Crippen LogP contribution is 2.19. The van der Waals surface area contributed by atoms with Gasteiger partial charge in [-0.25, -0.2) is 4.98 Å². The highest BCUT2D eigenvalue weighted by atomic mass is 16.3. The largest absolute Gasteiger partial charge is 0.508 e. The number of nitrogens with zero attached hydrogens (tertiary/aromatic N) is 4. The SMILES string of the molecule is CC1=NN(c2cc(C)ccn2)C(=O)/C1=N/Nc1ccc(O)cc1. The van der Waals surface area contributed by atoms with Gasteiger partial charge in [0.05, 0.1) is 11.4 Å². The molecule has 0 aliphatic carbocycles. The van der Waals surface area contributed by atoms with Gasteiger partial charge in [-0.3, -0.25) is 10.2 Å². The van der Waals surface area contributed by atoms with Gasteiger partial charge in [-0.2, -0.15) is 15.2 Å². The van der Waals surface area contributed by atoms with Crippen LogP contribution in [0.4, 0.5) is 11.5 Å². The number of pyridine rings is 1. The normalized spacial score (nSPS) is 15.9. The number of aromatic nitrogens is 1. The molecule has 7 nitrogen and oxygen atoms in total. The van der Waals surface area contributed by atoms with E-state index in [-0.39, 0.29) is 17.4 Å². The number of carbonyl (C=O) groups is 1. The molecule has 0 bridgehead atoms. The Hall–Kier alpha value is -3.22. The minimum absolute atomic E-state index is 0.162. The van der Waals surface area contributed by atoms with Crippen molar-refractivity contribution in [2.75, 3.05) is 10.4 Å². The lowest BCUT2D eigenvalue weighted by Crippen LogP contribution is -2.28. The zero-order valence-corrected chi connectivity index (χ0v) is 12.7.